The van der Waals surface area contributed by atoms with Crippen LogP contribution in [-0.4, -0.2) is 38.5 Å². The molecule has 0 aromatic rings. The normalized spacial score (nSPS) is 11.6. The first-order chi connectivity index (χ1) is 5.68. The fourth-order valence-electron chi connectivity index (χ4n) is 1.05. The Morgan fingerprint density at radius 2 is 1.83 bits per heavy atom. The number of methoxy groups -OCH3 is 2. The number of hydrogen-bond donors (Lipinski definition) is 1. The molecule has 4 heteroatoms. The SMILES string of the molecule is COCC(S)(CCC=O)COC. The molecule has 0 N–H and O–H groups in total. The zero-order valence-electron chi connectivity index (χ0n) is 7.58. The molecule has 0 unspecified atom stereocenters. The summed E-state index contributed by atoms with van der Waals surface area (Å²) in [7, 11) is 3.23. The molecule has 0 saturated heterocycles. The fraction of sp³-hybridized carbons (Fsp3) is 0.875. The van der Waals surface area contributed by atoms with E-state index in [9.17, 15) is 4.79 Å². The summed E-state index contributed by atoms with van der Waals surface area (Å²) in [6.07, 6.45) is 2.06. The quantitative estimate of drug-likeness (QED) is 0.481. The minimum Gasteiger partial charge on any atom is -0.383 e. The van der Waals surface area contributed by atoms with Crippen molar-refractivity contribution in [2.24, 2.45) is 0 Å². The molecule has 0 fully saturated rings. The Morgan fingerprint density at radius 1 is 1.33 bits per heavy atom. The van der Waals surface area contributed by atoms with Crippen molar-refractivity contribution < 1.29 is 14.3 Å². The molecule has 0 amide bonds. The topological polar surface area (TPSA) is 35.5 Å². The van der Waals surface area contributed by atoms with Gasteiger partial charge in [-0.2, -0.15) is 12.6 Å². The van der Waals surface area contributed by atoms with E-state index in [0.717, 1.165) is 6.29 Å². The van der Waals surface area contributed by atoms with Crippen LogP contribution in [0.15, 0.2) is 0 Å². The summed E-state index contributed by atoms with van der Waals surface area (Å²) in [5.74, 6) is 0. The monoisotopic (exact) mass is 192 g/mol. The number of carbonyl (C=O) groups excluding carboxylic acids is 1. The van der Waals surface area contributed by atoms with E-state index < -0.39 is 0 Å². The molecular weight excluding hydrogens is 176 g/mol. The van der Waals surface area contributed by atoms with Crippen molar-refractivity contribution in [1.29, 1.82) is 0 Å². The van der Waals surface area contributed by atoms with Crippen LogP contribution < -0.4 is 0 Å². The second-order valence-corrected chi connectivity index (χ2v) is 3.74. The molecule has 0 aromatic carbocycles. The van der Waals surface area contributed by atoms with Crippen molar-refractivity contribution in [1.82, 2.24) is 0 Å². The Labute approximate surface area is 78.8 Å². The van der Waals surface area contributed by atoms with Crippen molar-refractivity contribution in [2.45, 2.75) is 17.6 Å². The van der Waals surface area contributed by atoms with Crippen molar-refractivity contribution in [3.8, 4) is 0 Å². The largest absolute Gasteiger partial charge is 0.383 e. The van der Waals surface area contributed by atoms with Gasteiger partial charge in [-0.05, 0) is 6.42 Å². The second-order valence-electron chi connectivity index (χ2n) is 2.80. The lowest BCUT2D eigenvalue weighted by atomic mass is 10.1. The molecule has 0 aromatic heterocycles. The first-order valence-corrected chi connectivity index (χ1v) is 4.27. The zero-order chi connectivity index (χ0) is 9.45. The smallest absolute Gasteiger partial charge is 0.120 e. The van der Waals surface area contributed by atoms with Crippen LogP contribution in [0.4, 0.5) is 0 Å². The van der Waals surface area contributed by atoms with Crippen LogP contribution in [0, 0.1) is 0 Å². The first kappa shape index (κ1) is 11.9. The van der Waals surface area contributed by atoms with E-state index in [-0.39, 0.29) is 4.75 Å². The summed E-state index contributed by atoms with van der Waals surface area (Å²) in [6, 6.07) is 0. The molecule has 0 atom stereocenters. The van der Waals surface area contributed by atoms with E-state index in [1.807, 2.05) is 0 Å². The summed E-state index contributed by atoms with van der Waals surface area (Å²) in [6.45, 7) is 0.996. The molecule has 12 heavy (non-hydrogen) atoms. The van der Waals surface area contributed by atoms with Gasteiger partial charge < -0.3 is 14.3 Å². The average molecular weight is 192 g/mol. The van der Waals surface area contributed by atoms with Crippen molar-refractivity contribution >= 4 is 18.9 Å². The van der Waals surface area contributed by atoms with Crippen molar-refractivity contribution in [2.75, 3.05) is 27.4 Å². The lowest BCUT2D eigenvalue weighted by molar-refractivity contribution is -0.108. The predicted molar refractivity (Wildman–Crippen MR) is 50.8 cm³/mol. The summed E-state index contributed by atoms with van der Waals surface area (Å²) < 4.78 is 9.64. The maximum absolute atomic E-state index is 10.1. The number of aldehydes is 1. The summed E-state index contributed by atoms with van der Waals surface area (Å²) in [5.41, 5.74) is 0. The molecule has 3 nitrogen and oxygen atoms in total. The first-order valence-electron chi connectivity index (χ1n) is 3.82. The molecule has 0 aliphatic rings. The Morgan fingerprint density at radius 3 is 2.17 bits per heavy atom. The third kappa shape index (κ3) is 4.74. The van der Waals surface area contributed by atoms with Crippen LogP contribution in [0.25, 0.3) is 0 Å². The fourth-order valence-corrected chi connectivity index (χ4v) is 1.44. The van der Waals surface area contributed by atoms with Gasteiger partial charge in [0, 0.05) is 20.6 Å². The van der Waals surface area contributed by atoms with Crippen LogP contribution in [0.2, 0.25) is 0 Å². The predicted octanol–water partition coefficient (Wildman–Crippen LogP) is 0.927. The minimum atomic E-state index is -0.329. The summed E-state index contributed by atoms with van der Waals surface area (Å²) >= 11 is 4.40. The Balaban J connectivity index is 3.88. The van der Waals surface area contributed by atoms with E-state index >= 15 is 0 Å². The Hall–Kier alpha value is -0.0600. The lowest BCUT2D eigenvalue weighted by Gasteiger charge is -2.25. The number of thiol groups is 1. The van der Waals surface area contributed by atoms with Gasteiger partial charge in [-0.15, -0.1) is 0 Å². The molecule has 0 heterocycles. The lowest BCUT2D eigenvalue weighted by Crippen LogP contribution is -2.33. The highest BCUT2D eigenvalue weighted by Crippen LogP contribution is 2.21. The Bertz CT molecular complexity index is 121. The maximum Gasteiger partial charge on any atom is 0.120 e. The highest BCUT2D eigenvalue weighted by molar-refractivity contribution is 7.81. The van der Waals surface area contributed by atoms with Crippen molar-refractivity contribution in [3.05, 3.63) is 0 Å². The molecule has 0 bridgehead atoms. The summed E-state index contributed by atoms with van der Waals surface area (Å²) in [4.78, 5) is 10.1. The van der Waals surface area contributed by atoms with Crippen LogP contribution in [0.3, 0.4) is 0 Å². The number of ether oxygens (including phenoxy) is 2. The number of rotatable bonds is 7. The van der Waals surface area contributed by atoms with Gasteiger partial charge in [-0.25, -0.2) is 0 Å². The van der Waals surface area contributed by atoms with Crippen LogP contribution >= 0.6 is 12.6 Å². The molecule has 0 aliphatic carbocycles. The van der Waals surface area contributed by atoms with Gasteiger partial charge in [0.05, 0.1) is 18.0 Å². The number of carbonyl (C=O) groups is 1. The molecule has 72 valence electrons. The van der Waals surface area contributed by atoms with Gasteiger partial charge in [0.15, 0.2) is 0 Å². The standard InChI is InChI=1S/C8H16O3S/c1-10-6-8(12,7-11-2)4-3-5-9/h5,12H,3-4,6-7H2,1-2H3. The van der Waals surface area contributed by atoms with E-state index in [2.05, 4.69) is 12.6 Å². The molecule has 0 saturated carbocycles. The van der Waals surface area contributed by atoms with Crippen LogP contribution in [-0.2, 0) is 14.3 Å². The van der Waals surface area contributed by atoms with Crippen LogP contribution in [0.1, 0.15) is 12.8 Å². The van der Waals surface area contributed by atoms with Gasteiger partial charge >= 0.3 is 0 Å². The van der Waals surface area contributed by atoms with Crippen LogP contribution in [0.5, 0.6) is 0 Å². The average Bonchev–Trinajstić information content (AvgIpc) is 2.02. The zero-order valence-corrected chi connectivity index (χ0v) is 8.47. The molecule has 0 spiro atoms. The highest BCUT2D eigenvalue weighted by Gasteiger charge is 2.24. The van der Waals surface area contributed by atoms with Gasteiger partial charge in [0.25, 0.3) is 0 Å². The third-order valence-corrected chi connectivity index (χ3v) is 2.04. The molecule has 0 aliphatic heterocycles. The van der Waals surface area contributed by atoms with Gasteiger partial charge in [-0.1, -0.05) is 0 Å². The molecular formula is C8H16O3S. The van der Waals surface area contributed by atoms with Crippen molar-refractivity contribution in [3.63, 3.8) is 0 Å². The minimum absolute atomic E-state index is 0.329. The molecule has 0 rings (SSSR count). The van der Waals surface area contributed by atoms with E-state index in [4.69, 9.17) is 9.47 Å². The Kier molecular flexibility index (Phi) is 6.42. The van der Waals surface area contributed by atoms with E-state index in [0.29, 0.717) is 26.1 Å². The summed E-state index contributed by atoms with van der Waals surface area (Å²) in [5, 5.41) is 0. The molecule has 0 radical (unpaired) electrons. The highest BCUT2D eigenvalue weighted by atomic mass is 32.1. The van der Waals surface area contributed by atoms with Gasteiger partial charge in [0.2, 0.25) is 0 Å². The third-order valence-electron chi connectivity index (χ3n) is 1.55. The number of hydrogen-bond acceptors (Lipinski definition) is 4. The van der Waals surface area contributed by atoms with Gasteiger partial charge in [0.1, 0.15) is 6.29 Å². The van der Waals surface area contributed by atoms with E-state index in [1.54, 1.807) is 14.2 Å². The maximum atomic E-state index is 10.1. The second kappa shape index (κ2) is 6.46. The van der Waals surface area contributed by atoms with E-state index in [1.165, 1.54) is 0 Å². The van der Waals surface area contributed by atoms with Gasteiger partial charge in [-0.3, -0.25) is 0 Å².